The van der Waals surface area contributed by atoms with Crippen molar-refractivity contribution in [1.82, 2.24) is 10.8 Å². The van der Waals surface area contributed by atoms with Gasteiger partial charge in [0.25, 0.3) is 8.32 Å². The van der Waals surface area contributed by atoms with E-state index in [1.165, 1.54) is 10.4 Å². The Hall–Kier alpha value is -3.79. The van der Waals surface area contributed by atoms with Gasteiger partial charge in [-0.2, -0.15) is 0 Å². The maximum absolute atomic E-state index is 7.31. The lowest BCUT2D eigenvalue weighted by molar-refractivity contribution is -0.285. The number of benzene rings is 4. The molecule has 4 aromatic rings. The monoisotopic (exact) mass is 637 g/mol. The lowest BCUT2D eigenvalue weighted by atomic mass is 10.1. The van der Waals surface area contributed by atoms with Crippen LogP contribution >= 0.6 is 0 Å². The first-order chi connectivity index (χ1) is 22.2. The Morgan fingerprint density at radius 1 is 0.804 bits per heavy atom. The summed E-state index contributed by atoms with van der Waals surface area (Å²) in [5, 5.41) is 5.85. The number of nitrogens with one attached hydrogen (secondary N) is 2. The van der Waals surface area contributed by atoms with E-state index in [1.54, 1.807) is 0 Å². The van der Waals surface area contributed by atoms with Crippen molar-refractivity contribution in [3.05, 3.63) is 132 Å². The van der Waals surface area contributed by atoms with Crippen molar-refractivity contribution in [3.8, 4) is 0 Å². The number of aliphatic imine (C=N–C) groups is 1. The standard InChI is InChI=1S/C38H47N3O4Si/c1-37(2,3)46(32-22-14-8-15-23-32,33-24-16-9-17-25-33)44-29-35-34(28-42-38(4,5)45-35)40-36(39-26-30-18-10-6-11-19-30)41-43-27-31-20-12-7-13-21-31/h6-25,34-35H,26-29H2,1-5H3,(H2,39,40,41)/t34-,35+/m1/s1. The average molecular weight is 638 g/mol. The molecule has 2 atom stereocenters. The molecule has 0 spiro atoms. The van der Waals surface area contributed by atoms with Gasteiger partial charge in [-0.3, -0.25) is 4.84 Å². The van der Waals surface area contributed by atoms with E-state index in [9.17, 15) is 0 Å². The molecule has 242 valence electrons. The molecule has 0 aliphatic carbocycles. The Kier molecular flexibility index (Phi) is 11.1. The number of nitrogens with zero attached hydrogens (tertiary/aromatic N) is 1. The highest BCUT2D eigenvalue weighted by atomic mass is 28.4. The molecule has 4 aromatic carbocycles. The fourth-order valence-electron chi connectivity index (χ4n) is 5.93. The van der Waals surface area contributed by atoms with Crippen molar-refractivity contribution in [2.24, 2.45) is 4.99 Å². The lowest BCUT2D eigenvalue weighted by Crippen LogP contribution is -2.68. The van der Waals surface area contributed by atoms with Crippen molar-refractivity contribution in [3.63, 3.8) is 0 Å². The summed E-state index contributed by atoms with van der Waals surface area (Å²) in [4.78, 5) is 10.8. The van der Waals surface area contributed by atoms with Crippen LogP contribution in [0.2, 0.25) is 5.04 Å². The first-order valence-corrected chi connectivity index (χ1v) is 17.9. The average Bonchev–Trinajstić information content (AvgIpc) is 3.06. The molecule has 46 heavy (non-hydrogen) atoms. The maximum Gasteiger partial charge on any atom is 0.261 e. The highest BCUT2D eigenvalue weighted by molar-refractivity contribution is 6.99. The van der Waals surface area contributed by atoms with Crippen LogP contribution in [-0.4, -0.2) is 45.4 Å². The molecule has 2 N–H and O–H groups in total. The number of hydroxylamine groups is 1. The molecule has 0 saturated carbocycles. The van der Waals surface area contributed by atoms with Crippen molar-refractivity contribution >= 4 is 24.7 Å². The molecule has 0 aromatic heterocycles. The van der Waals surface area contributed by atoms with Crippen molar-refractivity contribution < 1.29 is 18.7 Å². The Bertz CT molecular complexity index is 1470. The number of rotatable bonds is 11. The van der Waals surface area contributed by atoms with Crippen LogP contribution in [0.5, 0.6) is 0 Å². The molecule has 1 fully saturated rings. The summed E-state index contributed by atoms with van der Waals surface area (Å²) < 4.78 is 20.1. The van der Waals surface area contributed by atoms with E-state index >= 15 is 0 Å². The molecular weight excluding hydrogens is 591 g/mol. The van der Waals surface area contributed by atoms with Crippen molar-refractivity contribution in [2.45, 2.75) is 70.7 Å². The minimum absolute atomic E-state index is 0.158. The van der Waals surface area contributed by atoms with Crippen LogP contribution in [0, 0.1) is 0 Å². The van der Waals surface area contributed by atoms with Crippen LogP contribution in [-0.2, 0) is 31.9 Å². The SMILES string of the molecule is CC1(C)OC[C@@H](NC(=NCc2ccccc2)NOCc2ccccc2)[C@H](CO[Si](c2ccccc2)(c2ccccc2)C(C)(C)C)O1. The maximum atomic E-state index is 7.31. The first-order valence-electron chi connectivity index (χ1n) is 16.0. The Labute approximate surface area is 275 Å². The van der Waals surface area contributed by atoms with Crippen LogP contribution in [0.3, 0.4) is 0 Å². The zero-order valence-electron chi connectivity index (χ0n) is 27.6. The summed E-state index contributed by atoms with van der Waals surface area (Å²) in [5.74, 6) is -0.261. The normalized spacial score (nSPS) is 18.6. The quantitative estimate of drug-likeness (QED) is 0.0917. The minimum Gasteiger partial charge on any atom is -0.405 e. The molecule has 0 unspecified atom stereocenters. The molecular formula is C38H47N3O4Si. The van der Waals surface area contributed by atoms with E-state index in [1.807, 2.05) is 62.4 Å². The Morgan fingerprint density at radius 2 is 1.33 bits per heavy atom. The van der Waals surface area contributed by atoms with Gasteiger partial charge in [-0.25, -0.2) is 10.5 Å². The van der Waals surface area contributed by atoms with Crippen LogP contribution in [0.4, 0.5) is 0 Å². The van der Waals surface area contributed by atoms with E-state index < -0.39 is 14.1 Å². The Balaban J connectivity index is 1.41. The summed E-state index contributed by atoms with van der Waals surface area (Å²) in [6.07, 6.45) is -0.330. The van der Waals surface area contributed by atoms with Gasteiger partial charge in [0.1, 0.15) is 6.10 Å². The second-order valence-electron chi connectivity index (χ2n) is 13.1. The fraction of sp³-hybridized carbons (Fsp3) is 0.342. The largest absolute Gasteiger partial charge is 0.405 e. The number of guanidine groups is 1. The first kappa shape index (κ1) is 33.6. The summed E-state index contributed by atoms with van der Waals surface area (Å²) in [6.45, 7) is 12.4. The van der Waals surface area contributed by atoms with Gasteiger partial charge in [-0.05, 0) is 40.4 Å². The van der Waals surface area contributed by atoms with E-state index in [-0.39, 0.29) is 17.2 Å². The predicted octanol–water partition coefficient (Wildman–Crippen LogP) is 5.95. The van der Waals surface area contributed by atoms with Crippen LogP contribution < -0.4 is 21.2 Å². The third-order valence-electron chi connectivity index (χ3n) is 8.21. The minimum atomic E-state index is -2.79. The zero-order valence-corrected chi connectivity index (χ0v) is 28.6. The molecule has 8 heteroatoms. The van der Waals surface area contributed by atoms with Gasteiger partial charge in [-0.1, -0.05) is 142 Å². The second kappa shape index (κ2) is 15.2. The molecule has 1 saturated heterocycles. The van der Waals surface area contributed by atoms with Crippen LogP contribution in [0.1, 0.15) is 45.7 Å². The molecule has 1 aliphatic heterocycles. The zero-order chi connectivity index (χ0) is 32.5. The molecule has 1 aliphatic rings. The van der Waals surface area contributed by atoms with Gasteiger partial charge >= 0.3 is 0 Å². The summed E-state index contributed by atoms with van der Waals surface area (Å²) in [5.41, 5.74) is 5.22. The fourth-order valence-corrected chi connectivity index (χ4v) is 10.5. The molecule has 0 amide bonds. The van der Waals surface area contributed by atoms with Crippen LogP contribution in [0.25, 0.3) is 0 Å². The molecule has 5 rings (SSSR count). The van der Waals surface area contributed by atoms with E-state index in [2.05, 4.69) is 104 Å². The van der Waals surface area contributed by atoms with Gasteiger partial charge in [-0.15, -0.1) is 0 Å². The van der Waals surface area contributed by atoms with Gasteiger partial charge in [0.15, 0.2) is 5.79 Å². The van der Waals surface area contributed by atoms with E-state index in [0.29, 0.717) is 32.3 Å². The van der Waals surface area contributed by atoms with Gasteiger partial charge < -0.3 is 19.2 Å². The van der Waals surface area contributed by atoms with Crippen molar-refractivity contribution in [1.29, 1.82) is 0 Å². The van der Waals surface area contributed by atoms with Gasteiger partial charge in [0.05, 0.1) is 32.4 Å². The van der Waals surface area contributed by atoms with E-state index in [0.717, 1.165) is 11.1 Å². The molecule has 1 heterocycles. The van der Waals surface area contributed by atoms with Gasteiger partial charge in [0.2, 0.25) is 5.96 Å². The third kappa shape index (κ3) is 8.51. The number of hydrogen-bond donors (Lipinski definition) is 2. The molecule has 7 nitrogen and oxygen atoms in total. The smallest absolute Gasteiger partial charge is 0.261 e. The number of hydrogen-bond acceptors (Lipinski definition) is 5. The molecule has 0 radical (unpaired) electrons. The summed E-state index contributed by atoms with van der Waals surface area (Å²) in [6, 6.07) is 41.3. The molecule has 0 bridgehead atoms. The Morgan fingerprint density at radius 3 is 1.87 bits per heavy atom. The van der Waals surface area contributed by atoms with E-state index in [4.69, 9.17) is 23.7 Å². The third-order valence-corrected chi connectivity index (χ3v) is 13.2. The summed E-state index contributed by atoms with van der Waals surface area (Å²) >= 11 is 0. The van der Waals surface area contributed by atoms with Crippen LogP contribution in [0.15, 0.2) is 126 Å². The second-order valence-corrected chi connectivity index (χ2v) is 17.4. The van der Waals surface area contributed by atoms with Crippen molar-refractivity contribution in [2.75, 3.05) is 13.2 Å². The predicted molar refractivity (Wildman–Crippen MR) is 187 cm³/mol. The highest BCUT2D eigenvalue weighted by Gasteiger charge is 2.51. The highest BCUT2D eigenvalue weighted by Crippen LogP contribution is 2.37. The summed E-state index contributed by atoms with van der Waals surface area (Å²) in [7, 11) is -2.79. The van der Waals surface area contributed by atoms with Gasteiger partial charge in [0, 0.05) is 0 Å². The topological polar surface area (TPSA) is 73.3 Å². The number of ether oxygens (including phenoxy) is 2. The lowest BCUT2D eigenvalue weighted by Gasteiger charge is -2.46.